The summed E-state index contributed by atoms with van der Waals surface area (Å²) in [5.41, 5.74) is 6.17. The lowest BCUT2D eigenvalue weighted by atomic mass is 9.94. The number of nitrogens with two attached hydrogens (primary N) is 1. The van der Waals surface area contributed by atoms with Crippen molar-refractivity contribution in [3.8, 4) is 0 Å². The summed E-state index contributed by atoms with van der Waals surface area (Å²) >= 11 is 0. The Bertz CT molecular complexity index is 985. The van der Waals surface area contributed by atoms with Crippen LogP contribution < -0.4 is 21.7 Å². The zero-order valence-electron chi connectivity index (χ0n) is 23.5. The van der Waals surface area contributed by atoms with E-state index in [0.29, 0.717) is 6.42 Å². The van der Waals surface area contributed by atoms with Gasteiger partial charge in [-0.05, 0) is 30.2 Å². The number of hydrogen-bond acceptors (Lipinski definition) is 6. The maximum Gasteiger partial charge on any atom is 0.328 e. The van der Waals surface area contributed by atoms with Gasteiger partial charge < -0.3 is 26.4 Å². The molecule has 39 heavy (non-hydrogen) atoms. The molecule has 10 nitrogen and oxygen atoms in total. The number of cyclic esters (lactones) is 1. The molecule has 0 unspecified atom stereocenters. The quantitative estimate of drug-likeness (QED) is 0.313. The number of esters is 1. The van der Waals surface area contributed by atoms with Gasteiger partial charge in [-0.1, -0.05) is 77.3 Å². The standard InChI is InChI=1S/C29H44N4O6/c1-5-7-11-19(4)24-17-26(35)31-21(15-20-12-9-8-10-13-20)27(36)32-22(16-25(30)34)28(37)33-23(29(38)39-24)14-18(3)6-2/h8-10,12-13,18-19,21-24H,5-7,11,14-17H2,1-4H3,(H2,30,34)(H,31,35)(H,32,36)(H,33,37)/t18-,19-,21+,22-,23+,24-/m0/s1. The van der Waals surface area contributed by atoms with Crippen LogP contribution in [-0.4, -0.2) is 53.8 Å². The minimum atomic E-state index is -1.32. The van der Waals surface area contributed by atoms with Gasteiger partial charge in [-0.15, -0.1) is 0 Å². The number of carbonyl (C=O) groups is 5. The summed E-state index contributed by atoms with van der Waals surface area (Å²) in [5.74, 6) is -3.27. The summed E-state index contributed by atoms with van der Waals surface area (Å²) in [7, 11) is 0. The Kier molecular flexibility index (Phi) is 12.9. The van der Waals surface area contributed by atoms with Crippen LogP contribution in [0.1, 0.15) is 78.2 Å². The van der Waals surface area contributed by atoms with Crippen molar-refractivity contribution in [2.75, 3.05) is 0 Å². The highest BCUT2D eigenvalue weighted by atomic mass is 16.5. The fourth-order valence-corrected chi connectivity index (χ4v) is 4.54. The van der Waals surface area contributed by atoms with E-state index >= 15 is 0 Å². The van der Waals surface area contributed by atoms with Gasteiger partial charge >= 0.3 is 5.97 Å². The van der Waals surface area contributed by atoms with Crippen LogP contribution in [0.25, 0.3) is 0 Å². The topological polar surface area (TPSA) is 157 Å². The predicted molar refractivity (Wildman–Crippen MR) is 147 cm³/mol. The van der Waals surface area contributed by atoms with Gasteiger partial charge in [0.1, 0.15) is 24.2 Å². The number of benzene rings is 1. The van der Waals surface area contributed by atoms with Crippen molar-refractivity contribution in [2.45, 2.75) is 103 Å². The highest BCUT2D eigenvalue weighted by Crippen LogP contribution is 2.21. The summed E-state index contributed by atoms with van der Waals surface area (Å²) in [6.07, 6.45) is 2.51. The molecule has 1 heterocycles. The molecule has 0 aromatic heterocycles. The largest absolute Gasteiger partial charge is 0.460 e. The predicted octanol–water partition coefficient (Wildman–Crippen LogP) is 2.14. The van der Waals surface area contributed by atoms with Crippen molar-refractivity contribution in [3.05, 3.63) is 35.9 Å². The highest BCUT2D eigenvalue weighted by molar-refractivity contribution is 5.96. The summed E-state index contributed by atoms with van der Waals surface area (Å²) in [4.78, 5) is 65.0. The SMILES string of the molecule is CCCC[C@H](C)[C@@H]1CC(=O)N[C@H](Cc2ccccc2)C(=O)N[C@@H](CC(N)=O)C(=O)N[C@H](C[C@@H](C)CC)C(=O)O1. The number of carbonyl (C=O) groups excluding carboxylic acids is 5. The third-order valence-electron chi connectivity index (χ3n) is 7.21. The van der Waals surface area contributed by atoms with Gasteiger partial charge in [0.25, 0.3) is 0 Å². The number of hydrogen-bond donors (Lipinski definition) is 4. The van der Waals surface area contributed by atoms with Gasteiger partial charge in [0, 0.05) is 6.42 Å². The normalized spacial score (nSPS) is 24.5. The monoisotopic (exact) mass is 544 g/mol. The van der Waals surface area contributed by atoms with Crippen molar-refractivity contribution in [3.63, 3.8) is 0 Å². The molecule has 0 spiro atoms. The zero-order chi connectivity index (χ0) is 28.9. The molecule has 0 aliphatic carbocycles. The second-order valence-corrected chi connectivity index (χ2v) is 10.7. The number of rotatable bonds is 11. The molecule has 0 saturated carbocycles. The average Bonchev–Trinajstić information content (AvgIpc) is 2.90. The van der Waals surface area contributed by atoms with Crippen LogP contribution >= 0.6 is 0 Å². The Morgan fingerprint density at radius 3 is 2.23 bits per heavy atom. The molecule has 5 N–H and O–H groups in total. The van der Waals surface area contributed by atoms with Gasteiger partial charge in [-0.25, -0.2) is 4.79 Å². The van der Waals surface area contributed by atoms with Crippen LogP contribution in [0.4, 0.5) is 0 Å². The molecule has 1 aliphatic heterocycles. The van der Waals surface area contributed by atoms with Crippen LogP contribution in [-0.2, 0) is 35.1 Å². The van der Waals surface area contributed by atoms with E-state index in [-0.39, 0.29) is 24.7 Å². The van der Waals surface area contributed by atoms with Gasteiger partial charge in [-0.2, -0.15) is 0 Å². The molecule has 4 amide bonds. The fourth-order valence-electron chi connectivity index (χ4n) is 4.54. The van der Waals surface area contributed by atoms with E-state index in [2.05, 4.69) is 22.9 Å². The summed E-state index contributed by atoms with van der Waals surface area (Å²) in [6.45, 7) is 7.91. The number of unbranched alkanes of at least 4 members (excludes halogenated alkanes) is 1. The Morgan fingerprint density at radius 1 is 0.974 bits per heavy atom. The maximum atomic E-state index is 13.4. The lowest BCUT2D eigenvalue weighted by molar-refractivity contribution is -0.157. The van der Waals surface area contributed by atoms with Gasteiger partial charge in [0.2, 0.25) is 23.6 Å². The smallest absolute Gasteiger partial charge is 0.328 e. The molecule has 10 heteroatoms. The molecule has 1 aliphatic rings. The fraction of sp³-hybridized carbons (Fsp3) is 0.621. The van der Waals surface area contributed by atoms with Crippen molar-refractivity contribution in [2.24, 2.45) is 17.6 Å². The summed E-state index contributed by atoms with van der Waals surface area (Å²) in [5, 5.41) is 8.02. The lowest BCUT2D eigenvalue weighted by Crippen LogP contribution is -2.57. The van der Waals surface area contributed by atoms with Crippen LogP contribution in [0.2, 0.25) is 0 Å². The lowest BCUT2D eigenvalue weighted by Gasteiger charge is -2.28. The highest BCUT2D eigenvalue weighted by Gasteiger charge is 2.35. The van der Waals surface area contributed by atoms with Crippen molar-refractivity contribution < 1.29 is 28.7 Å². The molecule has 1 aromatic carbocycles. The van der Waals surface area contributed by atoms with E-state index in [1.165, 1.54) is 0 Å². The minimum absolute atomic E-state index is 0.0808. The molecule has 216 valence electrons. The Hall–Kier alpha value is -3.43. The molecule has 1 saturated heterocycles. The average molecular weight is 545 g/mol. The number of amides is 4. The van der Waals surface area contributed by atoms with E-state index in [1.54, 1.807) is 0 Å². The van der Waals surface area contributed by atoms with E-state index < -0.39 is 60.2 Å². The molecule has 1 aromatic rings. The zero-order valence-corrected chi connectivity index (χ0v) is 23.5. The van der Waals surface area contributed by atoms with E-state index in [1.807, 2.05) is 51.1 Å². The first-order valence-corrected chi connectivity index (χ1v) is 14.0. The molecular formula is C29H44N4O6. The third kappa shape index (κ3) is 10.7. The maximum absolute atomic E-state index is 13.4. The van der Waals surface area contributed by atoms with Crippen LogP contribution in [0.15, 0.2) is 30.3 Å². The first kappa shape index (κ1) is 31.8. The van der Waals surface area contributed by atoms with Crippen molar-refractivity contribution in [1.82, 2.24) is 16.0 Å². The Balaban J connectivity index is 2.46. The Morgan fingerprint density at radius 2 is 1.62 bits per heavy atom. The molecule has 0 radical (unpaired) electrons. The van der Waals surface area contributed by atoms with Crippen LogP contribution in [0, 0.1) is 11.8 Å². The van der Waals surface area contributed by atoms with Gasteiger partial charge in [-0.3, -0.25) is 19.2 Å². The van der Waals surface area contributed by atoms with Crippen LogP contribution in [0.3, 0.4) is 0 Å². The summed E-state index contributed by atoms with van der Waals surface area (Å²) < 4.78 is 5.88. The second kappa shape index (κ2) is 15.9. The molecular weight excluding hydrogens is 500 g/mol. The van der Waals surface area contributed by atoms with Crippen molar-refractivity contribution >= 4 is 29.6 Å². The van der Waals surface area contributed by atoms with E-state index in [4.69, 9.17) is 10.5 Å². The van der Waals surface area contributed by atoms with E-state index in [9.17, 15) is 24.0 Å². The van der Waals surface area contributed by atoms with Crippen molar-refractivity contribution in [1.29, 1.82) is 0 Å². The first-order valence-electron chi connectivity index (χ1n) is 14.0. The number of primary amides is 1. The van der Waals surface area contributed by atoms with E-state index in [0.717, 1.165) is 31.2 Å². The molecule has 0 bridgehead atoms. The molecule has 6 atom stereocenters. The minimum Gasteiger partial charge on any atom is -0.460 e. The molecule has 1 fully saturated rings. The number of ether oxygens (including phenoxy) is 1. The van der Waals surface area contributed by atoms with Gasteiger partial charge in [0.05, 0.1) is 12.8 Å². The second-order valence-electron chi connectivity index (χ2n) is 10.7. The number of nitrogens with one attached hydrogen (secondary N) is 3. The van der Waals surface area contributed by atoms with Gasteiger partial charge in [0.15, 0.2) is 0 Å². The van der Waals surface area contributed by atoms with Crippen LogP contribution in [0.5, 0.6) is 0 Å². The Labute approximate surface area is 231 Å². The summed E-state index contributed by atoms with van der Waals surface area (Å²) in [6, 6.07) is 5.77. The first-order chi connectivity index (χ1) is 18.5. The molecule has 2 rings (SSSR count). The third-order valence-corrected chi connectivity index (χ3v) is 7.21.